The predicted octanol–water partition coefficient (Wildman–Crippen LogP) is 4.45. The minimum atomic E-state index is -1.69. The number of nitrogens with zero attached hydrogens (tertiary/aromatic N) is 1. The molecule has 1 aliphatic heterocycles. The van der Waals surface area contributed by atoms with E-state index in [4.69, 9.17) is 16.3 Å². The van der Waals surface area contributed by atoms with Crippen LogP contribution in [0, 0.1) is 23.5 Å². The van der Waals surface area contributed by atoms with Crippen molar-refractivity contribution < 1.29 is 22.3 Å². The summed E-state index contributed by atoms with van der Waals surface area (Å²) in [5.74, 6) is -6.48. The molecular weight excluding hydrogens is 360 g/mol. The Morgan fingerprint density at radius 2 is 1.72 bits per heavy atom. The largest absolute Gasteiger partial charge is 0.381 e. The molecule has 0 unspecified atom stereocenters. The summed E-state index contributed by atoms with van der Waals surface area (Å²) in [6.45, 7) is 0.976. The van der Waals surface area contributed by atoms with Crippen molar-refractivity contribution in [2.45, 2.75) is 18.3 Å². The lowest BCUT2D eigenvalue weighted by Crippen LogP contribution is -2.40. The molecule has 1 aliphatic rings. The molecule has 2 heterocycles. The monoisotopic (exact) mass is 374 g/mol. The van der Waals surface area contributed by atoms with Gasteiger partial charge in [-0.15, -0.1) is 0 Å². The molecule has 0 aliphatic carbocycles. The maximum Gasteiger partial charge on any atom is 0.253 e. The summed E-state index contributed by atoms with van der Waals surface area (Å²) < 4.78 is 59.6. The highest BCUT2D eigenvalue weighted by Gasteiger charge is 2.35. The Morgan fingerprint density at radius 1 is 1.08 bits per heavy atom. The summed E-state index contributed by atoms with van der Waals surface area (Å²) in [6, 6.07) is 7.13. The number of pyridine rings is 1. The second kappa shape index (κ2) is 7.17. The molecule has 0 spiro atoms. The highest BCUT2D eigenvalue weighted by molar-refractivity contribution is 6.30. The van der Waals surface area contributed by atoms with Crippen LogP contribution in [0.4, 0.5) is 23.2 Å². The first-order valence-electron chi connectivity index (χ1n) is 7.71. The molecule has 1 N–H and O–H groups in total. The quantitative estimate of drug-likeness (QED) is 0.634. The SMILES string of the molecule is Fc1nc(F)c(F)c(NCC2(c3cccc(Cl)c3)CCOCC2)c1F. The van der Waals surface area contributed by atoms with Gasteiger partial charge in [-0.05, 0) is 30.5 Å². The van der Waals surface area contributed by atoms with E-state index in [0.29, 0.717) is 31.1 Å². The minimum absolute atomic E-state index is 0.0629. The number of halogens is 5. The molecule has 0 saturated carbocycles. The third-order valence-corrected chi connectivity index (χ3v) is 4.72. The fourth-order valence-corrected chi connectivity index (χ4v) is 3.24. The van der Waals surface area contributed by atoms with E-state index in [9.17, 15) is 17.6 Å². The van der Waals surface area contributed by atoms with E-state index >= 15 is 0 Å². The number of benzene rings is 1. The van der Waals surface area contributed by atoms with Crippen LogP contribution in [0.2, 0.25) is 5.02 Å². The summed E-state index contributed by atoms with van der Waals surface area (Å²) in [6.07, 6.45) is 1.14. The number of hydrogen-bond acceptors (Lipinski definition) is 3. The van der Waals surface area contributed by atoms with E-state index in [1.807, 2.05) is 6.07 Å². The first-order chi connectivity index (χ1) is 11.9. The van der Waals surface area contributed by atoms with Gasteiger partial charge < -0.3 is 10.1 Å². The molecule has 1 fully saturated rings. The van der Waals surface area contributed by atoms with Crippen LogP contribution in [0.3, 0.4) is 0 Å². The van der Waals surface area contributed by atoms with Crippen LogP contribution < -0.4 is 5.32 Å². The third kappa shape index (κ3) is 3.57. The van der Waals surface area contributed by atoms with Crippen LogP contribution in [0.1, 0.15) is 18.4 Å². The molecule has 1 aromatic heterocycles. The molecule has 0 bridgehead atoms. The summed E-state index contributed by atoms with van der Waals surface area (Å²) in [4.78, 5) is 2.55. The Bertz CT molecular complexity index is 755. The van der Waals surface area contributed by atoms with Gasteiger partial charge in [0.15, 0.2) is 0 Å². The van der Waals surface area contributed by atoms with Crippen molar-refractivity contribution in [2.75, 3.05) is 25.1 Å². The number of anilines is 1. The Labute approximate surface area is 147 Å². The van der Waals surface area contributed by atoms with E-state index in [1.54, 1.807) is 18.2 Å². The smallest absolute Gasteiger partial charge is 0.253 e. The summed E-state index contributed by atoms with van der Waals surface area (Å²) in [7, 11) is 0. The van der Waals surface area contributed by atoms with Gasteiger partial charge in [0, 0.05) is 30.2 Å². The second-order valence-electron chi connectivity index (χ2n) is 5.95. The van der Waals surface area contributed by atoms with Gasteiger partial charge in [0.05, 0.1) is 0 Å². The number of hydrogen-bond donors (Lipinski definition) is 1. The zero-order valence-electron chi connectivity index (χ0n) is 13.1. The maximum absolute atomic E-state index is 13.8. The van der Waals surface area contributed by atoms with E-state index in [2.05, 4.69) is 10.3 Å². The predicted molar refractivity (Wildman–Crippen MR) is 85.7 cm³/mol. The second-order valence-corrected chi connectivity index (χ2v) is 6.39. The standard InChI is InChI=1S/C17H15ClF4N2O/c18-11-3-1-2-10(8-11)17(4-6-25-7-5-17)9-23-14-12(19)15(21)24-16(22)13(14)20/h1-3,8H,4-7,9H2,(H,23,24). The van der Waals surface area contributed by atoms with Gasteiger partial charge in [0.25, 0.3) is 11.9 Å². The minimum Gasteiger partial charge on any atom is -0.381 e. The van der Waals surface area contributed by atoms with Crippen molar-refractivity contribution in [2.24, 2.45) is 0 Å². The zero-order chi connectivity index (χ0) is 18.0. The normalized spacial score (nSPS) is 16.7. The highest BCUT2D eigenvalue weighted by Crippen LogP contribution is 2.37. The number of ether oxygens (including phenoxy) is 1. The van der Waals surface area contributed by atoms with Gasteiger partial charge in [0.1, 0.15) is 5.69 Å². The fourth-order valence-electron chi connectivity index (χ4n) is 3.05. The average Bonchev–Trinajstić information content (AvgIpc) is 2.61. The highest BCUT2D eigenvalue weighted by atomic mass is 35.5. The maximum atomic E-state index is 13.8. The van der Waals surface area contributed by atoms with E-state index < -0.39 is 34.6 Å². The van der Waals surface area contributed by atoms with E-state index in [-0.39, 0.29) is 6.54 Å². The van der Waals surface area contributed by atoms with Crippen LogP contribution in [0.25, 0.3) is 0 Å². The molecule has 2 aromatic rings. The van der Waals surface area contributed by atoms with Gasteiger partial charge in [-0.2, -0.15) is 22.5 Å². The lowest BCUT2D eigenvalue weighted by molar-refractivity contribution is 0.0543. The molecule has 8 heteroatoms. The van der Waals surface area contributed by atoms with Crippen molar-refractivity contribution in [1.29, 1.82) is 0 Å². The van der Waals surface area contributed by atoms with Crippen molar-refractivity contribution in [3.05, 3.63) is 58.4 Å². The van der Waals surface area contributed by atoms with Crippen LogP contribution in [0.15, 0.2) is 24.3 Å². The van der Waals surface area contributed by atoms with Crippen molar-refractivity contribution in [3.8, 4) is 0 Å². The molecule has 25 heavy (non-hydrogen) atoms. The average molecular weight is 375 g/mol. The summed E-state index contributed by atoms with van der Waals surface area (Å²) in [5.41, 5.74) is -0.525. The summed E-state index contributed by atoms with van der Waals surface area (Å²) in [5, 5.41) is 3.05. The molecule has 0 amide bonds. The lowest BCUT2D eigenvalue weighted by atomic mass is 9.74. The van der Waals surface area contributed by atoms with Gasteiger partial charge in [-0.25, -0.2) is 0 Å². The molecule has 1 saturated heterocycles. The number of nitrogens with one attached hydrogen (secondary N) is 1. The Balaban J connectivity index is 1.93. The number of rotatable bonds is 4. The molecule has 3 rings (SSSR count). The fraction of sp³-hybridized carbons (Fsp3) is 0.353. The Hall–Kier alpha value is -1.86. The molecule has 0 atom stereocenters. The van der Waals surface area contributed by atoms with E-state index in [1.165, 1.54) is 0 Å². The van der Waals surface area contributed by atoms with Crippen LogP contribution in [0.5, 0.6) is 0 Å². The molecular formula is C17H15ClF4N2O. The van der Waals surface area contributed by atoms with Gasteiger partial charge >= 0.3 is 0 Å². The lowest BCUT2D eigenvalue weighted by Gasteiger charge is -2.38. The Kier molecular flexibility index (Phi) is 5.15. The zero-order valence-corrected chi connectivity index (χ0v) is 13.8. The topological polar surface area (TPSA) is 34.2 Å². The first-order valence-corrected chi connectivity index (χ1v) is 8.08. The van der Waals surface area contributed by atoms with Crippen molar-refractivity contribution >= 4 is 17.3 Å². The van der Waals surface area contributed by atoms with Gasteiger partial charge in [-0.3, -0.25) is 0 Å². The van der Waals surface area contributed by atoms with Crippen LogP contribution in [-0.2, 0) is 10.2 Å². The van der Waals surface area contributed by atoms with Crippen LogP contribution >= 0.6 is 11.6 Å². The van der Waals surface area contributed by atoms with Crippen molar-refractivity contribution in [3.63, 3.8) is 0 Å². The molecule has 134 valence electrons. The molecule has 0 radical (unpaired) electrons. The molecule has 1 aromatic carbocycles. The third-order valence-electron chi connectivity index (χ3n) is 4.49. The van der Waals surface area contributed by atoms with Gasteiger partial charge in [-0.1, -0.05) is 23.7 Å². The van der Waals surface area contributed by atoms with Crippen molar-refractivity contribution in [1.82, 2.24) is 4.98 Å². The first kappa shape index (κ1) is 17.9. The number of aromatic nitrogens is 1. The van der Waals surface area contributed by atoms with Gasteiger partial charge in [0.2, 0.25) is 11.6 Å². The molecule has 3 nitrogen and oxygen atoms in total. The van der Waals surface area contributed by atoms with Crippen LogP contribution in [-0.4, -0.2) is 24.7 Å². The van der Waals surface area contributed by atoms with E-state index in [0.717, 1.165) is 5.56 Å². The Morgan fingerprint density at radius 3 is 2.32 bits per heavy atom. The summed E-state index contributed by atoms with van der Waals surface area (Å²) >= 11 is 6.06.